The number of rotatable bonds is 4. The summed E-state index contributed by atoms with van der Waals surface area (Å²) in [6.07, 6.45) is 3.80. The van der Waals surface area contributed by atoms with Gasteiger partial charge in [-0.15, -0.1) is 0 Å². The van der Waals surface area contributed by atoms with Crippen LogP contribution in [-0.2, 0) is 17.8 Å². The van der Waals surface area contributed by atoms with Crippen molar-refractivity contribution < 1.29 is 9.90 Å². The molecule has 6 nitrogen and oxygen atoms in total. The van der Waals surface area contributed by atoms with E-state index in [0.717, 1.165) is 16.6 Å². The molecule has 0 aliphatic carbocycles. The molecule has 0 saturated carbocycles. The molecule has 1 N–H and O–H groups in total. The Hall–Kier alpha value is -2.73. The second-order valence-corrected chi connectivity index (χ2v) is 6.54. The van der Waals surface area contributed by atoms with E-state index in [4.69, 9.17) is 0 Å². The van der Waals surface area contributed by atoms with Crippen LogP contribution in [0.2, 0.25) is 0 Å². The molecule has 1 amide bonds. The maximum Gasteiger partial charge on any atom is 0.244 e. The first-order valence-electron chi connectivity index (χ1n) is 8.47. The van der Waals surface area contributed by atoms with Crippen LogP contribution >= 0.6 is 0 Å². The number of likely N-dealkylation sites (tertiary alicyclic amines) is 1. The molecule has 1 aliphatic heterocycles. The zero-order valence-corrected chi connectivity index (χ0v) is 13.8. The summed E-state index contributed by atoms with van der Waals surface area (Å²) in [7, 11) is 0. The van der Waals surface area contributed by atoms with Crippen LogP contribution in [0.1, 0.15) is 5.69 Å². The van der Waals surface area contributed by atoms with Crippen molar-refractivity contribution in [2.45, 2.75) is 19.1 Å². The lowest BCUT2D eigenvalue weighted by atomic mass is 10.00. The molecule has 0 unspecified atom stereocenters. The van der Waals surface area contributed by atoms with Gasteiger partial charge in [-0.25, -0.2) is 0 Å². The summed E-state index contributed by atoms with van der Waals surface area (Å²) < 4.78 is 1.67. The molecule has 1 saturated heterocycles. The Morgan fingerprint density at radius 2 is 2.00 bits per heavy atom. The third-order valence-electron chi connectivity index (χ3n) is 4.71. The van der Waals surface area contributed by atoms with Crippen LogP contribution in [0.4, 0.5) is 0 Å². The molecule has 4 rings (SSSR count). The van der Waals surface area contributed by atoms with Gasteiger partial charge in [-0.1, -0.05) is 24.3 Å². The average Bonchev–Trinajstić information content (AvgIpc) is 3.19. The lowest BCUT2D eigenvalue weighted by Gasteiger charge is -2.16. The number of carbonyl (C=O) groups is 1. The Kier molecular flexibility index (Phi) is 4.19. The number of aliphatic hydroxyl groups excluding tert-OH is 1. The molecule has 2 atom stereocenters. The summed E-state index contributed by atoms with van der Waals surface area (Å²) >= 11 is 0. The van der Waals surface area contributed by atoms with Crippen molar-refractivity contribution in [1.29, 1.82) is 0 Å². The van der Waals surface area contributed by atoms with Crippen LogP contribution in [-0.4, -0.2) is 49.9 Å². The molecule has 0 bridgehead atoms. The fourth-order valence-corrected chi connectivity index (χ4v) is 3.38. The number of hydrogen-bond donors (Lipinski definition) is 1. The molecule has 2 aromatic heterocycles. The molecular weight excluding hydrogens is 316 g/mol. The number of carbonyl (C=O) groups excluding carboxylic acids is 1. The van der Waals surface area contributed by atoms with Gasteiger partial charge in [-0.3, -0.25) is 14.5 Å². The van der Waals surface area contributed by atoms with Crippen molar-refractivity contribution in [1.82, 2.24) is 19.7 Å². The molecule has 6 heteroatoms. The first kappa shape index (κ1) is 15.8. The number of nitrogens with zero attached hydrogens (tertiary/aromatic N) is 4. The predicted octanol–water partition coefficient (Wildman–Crippen LogP) is 1.49. The molecule has 3 heterocycles. The minimum atomic E-state index is -0.511. The van der Waals surface area contributed by atoms with E-state index in [1.807, 2.05) is 48.7 Å². The summed E-state index contributed by atoms with van der Waals surface area (Å²) in [6, 6.07) is 13.6. The summed E-state index contributed by atoms with van der Waals surface area (Å²) in [5.41, 5.74) is 1.82. The Bertz CT molecular complexity index is 844. The van der Waals surface area contributed by atoms with Gasteiger partial charge in [-0.2, -0.15) is 5.10 Å². The van der Waals surface area contributed by atoms with Crippen LogP contribution in [0, 0.1) is 5.92 Å². The quantitative estimate of drug-likeness (QED) is 0.784. The number of amides is 1. The monoisotopic (exact) mass is 336 g/mol. The number of fused-ring (bicyclic) bond motifs is 1. The highest BCUT2D eigenvalue weighted by Crippen LogP contribution is 2.21. The summed E-state index contributed by atoms with van der Waals surface area (Å²) in [5, 5.41) is 15.8. The molecule has 1 aromatic carbocycles. The molecule has 25 heavy (non-hydrogen) atoms. The smallest absolute Gasteiger partial charge is 0.244 e. The van der Waals surface area contributed by atoms with Gasteiger partial charge in [0.25, 0.3) is 0 Å². The Morgan fingerprint density at radius 3 is 2.80 bits per heavy atom. The number of hydrogen-bond acceptors (Lipinski definition) is 4. The molecule has 1 aliphatic rings. The van der Waals surface area contributed by atoms with Crippen molar-refractivity contribution in [3.63, 3.8) is 0 Å². The number of benzene rings is 1. The van der Waals surface area contributed by atoms with Gasteiger partial charge >= 0.3 is 0 Å². The van der Waals surface area contributed by atoms with Crippen molar-refractivity contribution in [3.05, 3.63) is 60.6 Å². The third-order valence-corrected chi connectivity index (χ3v) is 4.71. The highest BCUT2D eigenvalue weighted by Gasteiger charge is 2.34. The number of pyridine rings is 1. The SMILES string of the molecule is O=C(Cn1cc2ccccc2n1)N1C[C@@H](Cc2ccccn2)[C@H](O)C1. The van der Waals surface area contributed by atoms with E-state index in [9.17, 15) is 9.90 Å². The van der Waals surface area contributed by atoms with Crippen LogP contribution in [0.5, 0.6) is 0 Å². The Morgan fingerprint density at radius 1 is 1.16 bits per heavy atom. The highest BCUT2D eigenvalue weighted by atomic mass is 16.3. The Labute approximate surface area is 145 Å². The number of aromatic nitrogens is 3. The van der Waals surface area contributed by atoms with E-state index in [-0.39, 0.29) is 18.4 Å². The standard InChI is InChI=1S/C19H20N4O2/c24-18-12-22(10-15(18)9-16-6-3-4-8-20-16)19(25)13-23-11-14-5-1-2-7-17(14)21-23/h1-8,11,15,18,24H,9-10,12-13H2/t15-,18-/m1/s1. The second-order valence-electron chi connectivity index (χ2n) is 6.54. The average molecular weight is 336 g/mol. The van der Waals surface area contributed by atoms with Gasteiger partial charge in [-0.05, 0) is 24.6 Å². The minimum Gasteiger partial charge on any atom is -0.391 e. The fraction of sp³-hybridized carbons (Fsp3) is 0.316. The third kappa shape index (κ3) is 3.39. The fourth-order valence-electron chi connectivity index (χ4n) is 3.38. The van der Waals surface area contributed by atoms with Crippen molar-refractivity contribution in [2.75, 3.05) is 13.1 Å². The van der Waals surface area contributed by atoms with Crippen LogP contribution in [0.15, 0.2) is 54.9 Å². The van der Waals surface area contributed by atoms with Crippen molar-refractivity contribution in [3.8, 4) is 0 Å². The molecule has 1 fully saturated rings. The molecular formula is C19H20N4O2. The van der Waals surface area contributed by atoms with Gasteiger partial charge in [0.05, 0.1) is 11.6 Å². The van der Waals surface area contributed by atoms with Crippen molar-refractivity contribution >= 4 is 16.8 Å². The van der Waals surface area contributed by atoms with Gasteiger partial charge in [0, 0.05) is 42.5 Å². The van der Waals surface area contributed by atoms with Gasteiger partial charge < -0.3 is 10.0 Å². The van der Waals surface area contributed by atoms with Gasteiger partial charge in [0.15, 0.2) is 0 Å². The number of β-amino-alcohol motifs (C(OH)–C–C–N with tert-alkyl or cyclic N) is 1. The predicted molar refractivity (Wildman–Crippen MR) is 93.8 cm³/mol. The number of aliphatic hydroxyl groups is 1. The molecule has 0 spiro atoms. The first-order chi connectivity index (χ1) is 12.2. The van der Waals surface area contributed by atoms with E-state index in [2.05, 4.69) is 10.1 Å². The van der Waals surface area contributed by atoms with E-state index in [1.165, 1.54) is 0 Å². The van der Waals surface area contributed by atoms with E-state index >= 15 is 0 Å². The Balaban J connectivity index is 1.40. The minimum absolute atomic E-state index is 0.0182. The van der Waals surface area contributed by atoms with Crippen LogP contribution < -0.4 is 0 Å². The second kappa shape index (κ2) is 6.64. The van der Waals surface area contributed by atoms with E-state index < -0.39 is 6.10 Å². The maximum absolute atomic E-state index is 12.6. The first-order valence-corrected chi connectivity index (χ1v) is 8.47. The van der Waals surface area contributed by atoms with Gasteiger partial charge in [0.1, 0.15) is 6.54 Å². The highest BCUT2D eigenvalue weighted by molar-refractivity contribution is 5.80. The maximum atomic E-state index is 12.6. The lowest BCUT2D eigenvalue weighted by molar-refractivity contribution is -0.131. The molecule has 3 aromatic rings. The normalized spacial score (nSPS) is 20.3. The van der Waals surface area contributed by atoms with Crippen LogP contribution in [0.3, 0.4) is 0 Å². The largest absolute Gasteiger partial charge is 0.391 e. The van der Waals surface area contributed by atoms with Gasteiger partial charge in [0.2, 0.25) is 5.91 Å². The van der Waals surface area contributed by atoms with Crippen LogP contribution in [0.25, 0.3) is 10.9 Å². The molecule has 0 radical (unpaired) electrons. The topological polar surface area (TPSA) is 71.2 Å². The summed E-state index contributed by atoms with van der Waals surface area (Å²) in [4.78, 5) is 18.6. The molecule has 128 valence electrons. The van der Waals surface area contributed by atoms with E-state index in [0.29, 0.717) is 19.5 Å². The zero-order valence-electron chi connectivity index (χ0n) is 13.8. The summed E-state index contributed by atoms with van der Waals surface area (Å²) in [5.74, 6) is 0.00548. The zero-order chi connectivity index (χ0) is 17.2. The summed E-state index contributed by atoms with van der Waals surface area (Å²) in [6.45, 7) is 1.12. The lowest BCUT2D eigenvalue weighted by Crippen LogP contribution is -2.32. The van der Waals surface area contributed by atoms with E-state index in [1.54, 1.807) is 15.8 Å². The van der Waals surface area contributed by atoms with Crippen molar-refractivity contribution in [2.24, 2.45) is 5.92 Å².